The molecule has 2 N–H and O–H groups in total. The predicted molar refractivity (Wildman–Crippen MR) is 92.7 cm³/mol. The molecule has 2 aromatic rings. The molecule has 0 aliphatic rings. The lowest BCUT2D eigenvalue weighted by Crippen LogP contribution is -2.31. The SMILES string of the molecule is COc1ccc(C(CC(=O)O)NC(=O)Cc2ccc(F)cc2F)c(OC)c1. The summed E-state index contributed by atoms with van der Waals surface area (Å²) in [4.78, 5) is 23.5. The van der Waals surface area contributed by atoms with Crippen LogP contribution < -0.4 is 14.8 Å². The number of carbonyl (C=O) groups excluding carboxylic acids is 1. The first-order valence-electron chi connectivity index (χ1n) is 8.01. The monoisotopic (exact) mass is 379 g/mol. The van der Waals surface area contributed by atoms with Crippen molar-refractivity contribution in [2.24, 2.45) is 0 Å². The van der Waals surface area contributed by atoms with Gasteiger partial charge in [0.05, 0.1) is 33.1 Å². The topological polar surface area (TPSA) is 84.9 Å². The average Bonchev–Trinajstić information content (AvgIpc) is 2.62. The van der Waals surface area contributed by atoms with Gasteiger partial charge in [0, 0.05) is 17.7 Å². The van der Waals surface area contributed by atoms with Gasteiger partial charge in [-0.25, -0.2) is 8.78 Å². The Morgan fingerprint density at radius 2 is 1.85 bits per heavy atom. The number of hydrogen-bond acceptors (Lipinski definition) is 4. The van der Waals surface area contributed by atoms with E-state index in [4.69, 9.17) is 14.6 Å². The molecule has 0 aromatic heterocycles. The van der Waals surface area contributed by atoms with E-state index in [0.29, 0.717) is 23.1 Å². The second kappa shape index (κ2) is 8.98. The van der Waals surface area contributed by atoms with Crippen molar-refractivity contribution < 1.29 is 33.0 Å². The number of amides is 1. The number of hydrogen-bond donors (Lipinski definition) is 2. The number of carboxylic acids is 1. The zero-order valence-corrected chi connectivity index (χ0v) is 14.8. The molecular formula is C19H19F2NO5. The van der Waals surface area contributed by atoms with Crippen molar-refractivity contribution in [3.63, 3.8) is 0 Å². The number of rotatable bonds is 8. The van der Waals surface area contributed by atoms with Crippen LogP contribution in [0.15, 0.2) is 36.4 Å². The van der Waals surface area contributed by atoms with Crippen LogP contribution in [0.2, 0.25) is 0 Å². The van der Waals surface area contributed by atoms with Crippen molar-refractivity contribution in [1.82, 2.24) is 5.32 Å². The first-order chi connectivity index (χ1) is 12.8. The highest BCUT2D eigenvalue weighted by atomic mass is 19.1. The molecule has 1 atom stereocenters. The molecule has 2 rings (SSSR count). The van der Waals surface area contributed by atoms with Gasteiger partial charge in [0.1, 0.15) is 23.1 Å². The predicted octanol–water partition coefficient (Wildman–Crippen LogP) is 2.86. The second-order valence-corrected chi connectivity index (χ2v) is 5.74. The Morgan fingerprint density at radius 1 is 1.11 bits per heavy atom. The summed E-state index contributed by atoms with van der Waals surface area (Å²) in [6.07, 6.45) is -0.763. The van der Waals surface area contributed by atoms with E-state index in [2.05, 4.69) is 5.32 Å². The van der Waals surface area contributed by atoms with E-state index in [9.17, 15) is 18.4 Å². The molecule has 27 heavy (non-hydrogen) atoms. The maximum atomic E-state index is 13.7. The minimum atomic E-state index is -1.13. The highest BCUT2D eigenvalue weighted by Gasteiger charge is 2.22. The van der Waals surface area contributed by atoms with Gasteiger partial charge in [0.25, 0.3) is 0 Å². The number of carbonyl (C=O) groups is 2. The van der Waals surface area contributed by atoms with E-state index in [1.807, 2.05) is 0 Å². The Labute approximate surface area is 154 Å². The van der Waals surface area contributed by atoms with E-state index < -0.39 is 36.0 Å². The molecular weight excluding hydrogens is 360 g/mol. The molecule has 2 aromatic carbocycles. The lowest BCUT2D eigenvalue weighted by Gasteiger charge is -2.20. The van der Waals surface area contributed by atoms with Crippen LogP contribution in [0.25, 0.3) is 0 Å². The van der Waals surface area contributed by atoms with Gasteiger partial charge >= 0.3 is 5.97 Å². The fraction of sp³-hybridized carbons (Fsp3) is 0.263. The lowest BCUT2D eigenvalue weighted by atomic mass is 10.0. The van der Waals surface area contributed by atoms with Gasteiger partial charge in [-0.1, -0.05) is 6.07 Å². The number of halogens is 2. The zero-order chi connectivity index (χ0) is 20.0. The standard InChI is InChI=1S/C19H19F2NO5/c1-26-13-5-6-14(17(9-13)27-2)16(10-19(24)25)22-18(23)7-11-3-4-12(20)8-15(11)21/h3-6,8-9,16H,7,10H2,1-2H3,(H,22,23)(H,24,25). The number of carboxylic acid groups (broad SMARTS) is 1. The van der Waals surface area contributed by atoms with E-state index >= 15 is 0 Å². The third-order valence-electron chi connectivity index (χ3n) is 3.90. The molecule has 8 heteroatoms. The lowest BCUT2D eigenvalue weighted by molar-refractivity contribution is -0.137. The minimum absolute atomic E-state index is 0.00432. The maximum Gasteiger partial charge on any atom is 0.305 e. The van der Waals surface area contributed by atoms with Crippen LogP contribution in [-0.4, -0.2) is 31.2 Å². The number of nitrogens with one attached hydrogen (secondary N) is 1. The zero-order valence-electron chi connectivity index (χ0n) is 14.8. The molecule has 6 nitrogen and oxygen atoms in total. The summed E-state index contributed by atoms with van der Waals surface area (Å²) in [5, 5.41) is 11.7. The molecule has 0 bridgehead atoms. The Hall–Kier alpha value is -3.16. The van der Waals surface area contributed by atoms with Crippen molar-refractivity contribution in [1.29, 1.82) is 0 Å². The van der Waals surface area contributed by atoms with Gasteiger partial charge in [-0.15, -0.1) is 0 Å². The van der Waals surface area contributed by atoms with Crippen molar-refractivity contribution in [2.45, 2.75) is 18.9 Å². The molecule has 0 heterocycles. The Morgan fingerprint density at radius 3 is 2.44 bits per heavy atom. The Balaban J connectivity index is 2.23. The third kappa shape index (κ3) is 5.40. The van der Waals surface area contributed by atoms with Crippen LogP contribution in [0.5, 0.6) is 11.5 Å². The van der Waals surface area contributed by atoms with Crippen molar-refractivity contribution in [3.8, 4) is 11.5 Å². The van der Waals surface area contributed by atoms with Crippen LogP contribution in [-0.2, 0) is 16.0 Å². The van der Waals surface area contributed by atoms with Gasteiger partial charge in [0.2, 0.25) is 5.91 Å². The summed E-state index contributed by atoms with van der Waals surface area (Å²) in [6, 6.07) is 6.76. The van der Waals surface area contributed by atoms with E-state index in [1.165, 1.54) is 20.3 Å². The molecule has 0 saturated carbocycles. The van der Waals surface area contributed by atoms with Crippen LogP contribution in [0.3, 0.4) is 0 Å². The Kier molecular flexibility index (Phi) is 6.70. The van der Waals surface area contributed by atoms with Gasteiger partial charge < -0.3 is 19.9 Å². The van der Waals surface area contributed by atoms with Crippen molar-refractivity contribution >= 4 is 11.9 Å². The second-order valence-electron chi connectivity index (χ2n) is 5.74. The smallest absolute Gasteiger partial charge is 0.305 e. The van der Waals surface area contributed by atoms with Crippen LogP contribution in [0.4, 0.5) is 8.78 Å². The van der Waals surface area contributed by atoms with E-state index in [1.54, 1.807) is 18.2 Å². The van der Waals surface area contributed by atoms with Gasteiger partial charge in [0.15, 0.2) is 0 Å². The summed E-state index contributed by atoms with van der Waals surface area (Å²) < 4.78 is 37.1. The summed E-state index contributed by atoms with van der Waals surface area (Å²) in [5.41, 5.74) is 0.443. The maximum absolute atomic E-state index is 13.7. The van der Waals surface area contributed by atoms with Crippen LogP contribution in [0, 0.1) is 11.6 Å². The quantitative estimate of drug-likeness (QED) is 0.737. The highest BCUT2D eigenvalue weighted by Crippen LogP contribution is 2.31. The van der Waals surface area contributed by atoms with Gasteiger partial charge in [-0.05, 0) is 23.8 Å². The molecule has 0 aliphatic heterocycles. The molecule has 0 saturated heterocycles. The number of aliphatic carboxylic acids is 1. The summed E-state index contributed by atoms with van der Waals surface area (Å²) in [5.74, 6) is -2.49. The summed E-state index contributed by atoms with van der Waals surface area (Å²) >= 11 is 0. The number of methoxy groups -OCH3 is 2. The molecule has 1 amide bonds. The van der Waals surface area contributed by atoms with Crippen LogP contribution in [0.1, 0.15) is 23.6 Å². The molecule has 0 aliphatic carbocycles. The van der Waals surface area contributed by atoms with E-state index in [0.717, 1.165) is 6.07 Å². The van der Waals surface area contributed by atoms with E-state index in [-0.39, 0.29) is 12.0 Å². The van der Waals surface area contributed by atoms with Gasteiger partial charge in [-0.3, -0.25) is 9.59 Å². The molecule has 1 unspecified atom stereocenters. The van der Waals surface area contributed by atoms with Crippen molar-refractivity contribution in [2.75, 3.05) is 14.2 Å². The molecule has 144 valence electrons. The average molecular weight is 379 g/mol. The molecule has 0 radical (unpaired) electrons. The minimum Gasteiger partial charge on any atom is -0.497 e. The fourth-order valence-electron chi connectivity index (χ4n) is 2.60. The summed E-state index contributed by atoms with van der Waals surface area (Å²) in [6.45, 7) is 0. The highest BCUT2D eigenvalue weighted by molar-refractivity contribution is 5.80. The third-order valence-corrected chi connectivity index (χ3v) is 3.90. The number of ether oxygens (including phenoxy) is 2. The van der Waals surface area contributed by atoms with Gasteiger partial charge in [-0.2, -0.15) is 0 Å². The summed E-state index contributed by atoms with van der Waals surface area (Å²) in [7, 11) is 2.88. The van der Waals surface area contributed by atoms with Crippen LogP contribution >= 0.6 is 0 Å². The molecule has 0 fully saturated rings. The molecule has 0 spiro atoms. The van der Waals surface area contributed by atoms with Crippen molar-refractivity contribution in [3.05, 3.63) is 59.2 Å². The first-order valence-corrected chi connectivity index (χ1v) is 8.01. The normalized spacial score (nSPS) is 11.6. The largest absolute Gasteiger partial charge is 0.497 e. The number of benzene rings is 2. The fourth-order valence-corrected chi connectivity index (χ4v) is 2.60. The Bertz CT molecular complexity index is 841. The first kappa shape index (κ1) is 20.2.